The van der Waals surface area contributed by atoms with Crippen LogP contribution in [0.4, 0.5) is 0 Å². The molecule has 0 radical (unpaired) electrons. The summed E-state index contributed by atoms with van der Waals surface area (Å²) in [6, 6.07) is 0. The largest absolute Gasteiger partial charge is 0.317 e. The molecule has 0 rings (SSSR count). The molecule has 0 saturated carbocycles. The fourth-order valence-electron chi connectivity index (χ4n) is 5.20. The molecule has 0 aliphatic carbocycles. The van der Waals surface area contributed by atoms with Gasteiger partial charge in [0.2, 0.25) is 20.0 Å². The lowest BCUT2D eigenvalue weighted by molar-refractivity contribution is 0.535. The van der Waals surface area contributed by atoms with Crippen LogP contribution in [0.1, 0.15) is 142 Å². The van der Waals surface area contributed by atoms with Gasteiger partial charge in [-0.15, -0.1) is 0 Å². The Morgan fingerprint density at radius 1 is 0.304 bits per heavy atom. The molecule has 46 heavy (non-hydrogen) atoms. The summed E-state index contributed by atoms with van der Waals surface area (Å²) in [6.45, 7) is 13.2. The van der Waals surface area contributed by atoms with Gasteiger partial charge in [0.1, 0.15) is 0 Å². The van der Waals surface area contributed by atoms with Crippen molar-refractivity contribution < 1.29 is 16.8 Å². The van der Waals surface area contributed by atoms with E-state index in [2.05, 4.69) is 44.6 Å². The van der Waals surface area contributed by atoms with Crippen molar-refractivity contribution in [1.82, 2.24) is 30.7 Å². The molecule has 278 valence electrons. The molecule has 12 heteroatoms. The van der Waals surface area contributed by atoms with Crippen LogP contribution in [-0.4, -0.2) is 93.8 Å². The maximum absolute atomic E-state index is 12.0. The topological polar surface area (TPSA) is 140 Å². The SMILES string of the molecule is CCCCCCCCS(=O)(=O)NCCCNCCCNCCCCCCNCCCNCCCNS(=O)(=O)CCCCCCCC. The van der Waals surface area contributed by atoms with Crippen molar-refractivity contribution in [3.63, 3.8) is 0 Å². The highest BCUT2D eigenvalue weighted by atomic mass is 32.2. The zero-order valence-corrected chi connectivity index (χ0v) is 31.7. The van der Waals surface area contributed by atoms with Gasteiger partial charge in [0.25, 0.3) is 0 Å². The van der Waals surface area contributed by atoms with Crippen molar-refractivity contribution in [2.75, 3.05) is 77.0 Å². The highest BCUT2D eigenvalue weighted by Gasteiger charge is 2.09. The fraction of sp³-hybridized carbons (Fsp3) is 1.00. The molecule has 6 N–H and O–H groups in total. The van der Waals surface area contributed by atoms with Crippen LogP contribution in [0, 0.1) is 0 Å². The predicted molar refractivity (Wildman–Crippen MR) is 199 cm³/mol. The second-order valence-electron chi connectivity index (χ2n) is 12.8. The third-order valence-corrected chi connectivity index (χ3v) is 11.0. The molecule has 0 amide bonds. The molecular weight excluding hydrogens is 621 g/mol. The molecular formula is C34H76N6O4S2. The summed E-state index contributed by atoms with van der Waals surface area (Å²) in [5.74, 6) is 0.511. The molecule has 0 aliphatic heterocycles. The van der Waals surface area contributed by atoms with Crippen LogP contribution in [-0.2, 0) is 20.0 Å². The summed E-state index contributed by atoms with van der Waals surface area (Å²) in [5, 5.41) is 13.9. The Hall–Kier alpha value is -0.340. The molecule has 10 nitrogen and oxygen atoms in total. The molecule has 0 unspecified atom stereocenters. The summed E-state index contributed by atoms with van der Waals surface area (Å²) in [4.78, 5) is 0. The lowest BCUT2D eigenvalue weighted by atomic mass is 10.1. The summed E-state index contributed by atoms with van der Waals surface area (Å²) < 4.78 is 53.6. The van der Waals surface area contributed by atoms with Crippen LogP contribution in [0.2, 0.25) is 0 Å². The quantitative estimate of drug-likeness (QED) is 0.0493. The number of rotatable bonds is 39. The molecule has 0 aromatic rings. The van der Waals surface area contributed by atoms with E-state index in [4.69, 9.17) is 0 Å². The van der Waals surface area contributed by atoms with Crippen LogP contribution in [0.5, 0.6) is 0 Å². The maximum Gasteiger partial charge on any atom is 0.211 e. The number of hydrogen-bond donors (Lipinski definition) is 6. The zero-order chi connectivity index (χ0) is 33.9. The first-order chi connectivity index (χ1) is 22.3. The standard InChI is InChI=1S/C34H76N6O4S2/c1-3-5-7-9-13-17-33-45(41,42)39-31-21-29-37-27-19-25-35-23-15-11-12-16-24-36-26-20-28-38-30-22-32-40-46(43,44)34-18-14-10-8-6-4-2/h35-40H,3-34H2,1-2H3. The van der Waals surface area contributed by atoms with E-state index >= 15 is 0 Å². The highest BCUT2D eigenvalue weighted by molar-refractivity contribution is 7.89. The first kappa shape index (κ1) is 45.7. The van der Waals surface area contributed by atoms with Gasteiger partial charge in [0.15, 0.2) is 0 Å². The first-order valence-corrected chi connectivity index (χ1v) is 22.4. The van der Waals surface area contributed by atoms with Crippen LogP contribution in [0.15, 0.2) is 0 Å². The lowest BCUT2D eigenvalue weighted by Crippen LogP contribution is -2.30. The Kier molecular flexibility index (Phi) is 34.3. The Bertz CT molecular complexity index is 763. The molecule has 0 spiro atoms. The highest BCUT2D eigenvalue weighted by Crippen LogP contribution is 2.07. The Balaban J connectivity index is 3.28. The average molecular weight is 697 g/mol. The van der Waals surface area contributed by atoms with Gasteiger partial charge in [-0.3, -0.25) is 0 Å². The second-order valence-corrected chi connectivity index (χ2v) is 16.6. The lowest BCUT2D eigenvalue weighted by Gasteiger charge is -2.09. The van der Waals surface area contributed by atoms with Gasteiger partial charge in [0.05, 0.1) is 11.5 Å². The molecule has 0 aromatic heterocycles. The Morgan fingerprint density at radius 3 is 0.913 bits per heavy atom. The number of hydrogen-bond acceptors (Lipinski definition) is 8. The monoisotopic (exact) mass is 697 g/mol. The van der Waals surface area contributed by atoms with Gasteiger partial charge in [-0.1, -0.05) is 90.9 Å². The summed E-state index contributed by atoms with van der Waals surface area (Å²) in [6.07, 6.45) is 21.9. The number of sulfonamides is 2. The number of nitrogens with one attached hydrogen (secondary N) is 6. The first-order valence-electron chi connectivity index (χ1n) is 19.1. The van der Waals surface area contributed by atoms with Crippen LogP contribution in [0.25, 0.3) is 0 Å². The third-order valence-electron chi connectivity index (χ3n) is 8.11. The zero-order valence-electron chi connectivity index (χ0n) is 30.1. The van der Waals surface area contributed by atoms with Crippen LogP contribution < -0.4 is 30.7 Å². The van der Waals surface area contributed by atoms with E-state index in [0.29, 0.717) is 13.1 Å². The normalized spacial score (nSPS) is 12.3. The minimum atomic E-state index is -3.12. The van der Waals surface area contributed by atoms with Crippen molar-refractivity contribution in [3.8, 4) is 0 Å². The van der Waals surface area contributed by atoms with Crippen molar-refractivity contribution in [2.45, 2.75) is 142 Å². The molecule has 0 aromatic carbocycles. The maximum atomic E-state index is 12.0. The minimum absolute atomic E-state index is 0.256. The summed E-state index contributed by atoms with van der Waals surface area (Å²) >= 11 is 0. The Labute approximate surface area is 286 Å². The summed E-state index contributed by atoms with van der Waals surface area (Å²) in [7, 11) is -6.23. The average Bonchev–Trinajstić information content (AvgIpc) is 3.02. The van der Waals surface area contributed by atoms with E-state index in [-0.39, 0.29) is 11.5 Å². The van der Waals surface area contributed by atoms with Crippen LogP contribution >= 0.6 is 0 Å². The van der Waals surface area contributed by atoms with Gasteiger partial charge in [-0.25, -0.2) is 26.3 Å². The van der Waals surface area contributed by atoms with E-state index in [0.717, 1.165) is 117 Å². The van der Waals surface area contributed by atoms with Crippen molar-refractivity contribution in [3.05, 3.63) is 0 Å². The van der Waals surface area contributed by atoms with E-state index in [9.17, 15) is 16.8 Å². The number of unbranched alkanes of at least 4 members (excludes halogenated alkanes) is 13. The van der Waals surface area contributed by atoms with E-state index in [1.807, 2.05) is 0 Å². The minimum Gasteiger partial charge on any atom is -0.317 e. The summed E-state index contributed by atoms with van der Waals surface area (Å²) in [5.41, 5.74) is 0. The van der Waals surface area contributed by atoms with Crippen molar-refractivity contribution in [1.29, 1.82) is 0 Å². The molecule has 0 saturated heterocycles. The smallest absolute Gasteiger partial charge is 0.211 e. The van der Waals surface area contributed by atoms with E-state index in [1.54, 1.807) is 0 Å². The van der Waals surface area contributed by atoms with Gasteiger partial charge >= 0.3 is 0 Å². The van der Waals surface area contributed by atoms with E-state index < -0.39 is 20.0 Å². The van der Waals surface area contributed by atoms with Crippen molar-refractivity contribution in [2.24, 2.45) is 0 Å². The fourth-order valence-corrected chi connectivity index (χ4v) is 7.57. The van der Waals surface area contributed by atoms with Gasteiger partial charge in [-0.05, 0) is 104 Å². The third kappa shape index (κ3) is 36.5. The molecule has 0 aliphatic rings. The van der Waals surface area contributed by atoms with E-state index in [1.165, 1.54) is 64.2 Å². The second kappa shape index (κ2) is 34.5. The van der Waals surface area contributed by atoms with Gasteiger partial charge in [0, 0.05) is 13.1 Å². The molecule has 0 heterocycles. The molecule has 0 bridgehead atoms. The van der Waals surface area contributed by atoms with Crippen molar-refractivity contribution >= 4 is 20.0 Å². The Morgan fingerprint density at radius 2 is 0.565 bits per heavy atom. The van der Waals surface area contributed by atoms with Gasteiger partial charge < -0.3 is 21.3 Å². The van der Waals surface area contributed by atoms with Crippen LogP contribution in [0.3, 0.4) is 0 Å². The predicted octanol–water partition coefficient (Wildman–Crippen LogP) is 5.03. The molecule has 0 fully saturated rings. The molecule has 0 atom stereocenters. The van der Waals surface area contributed by atoms with Gasteiger partial charge in [-0.2, -0.15) is 0 Å².